The van der Waals surface area contributed by atoms with Crippen LogP contribution < -0.4 is 21.7 Å². The minimum absolute atomic E-state index is 0.0197. The molecule has 4 fully saturated rings. The summed E-state index contributed by atoms with van der Waals surface area (Å²) >= 11 is 0. The van der Waals surface area contributed by atoms with Gasteiger partial charge in [0, 0.05) is 17.5 Å². The van der Waals surface area contributed by atoms with Gasteiger partial charge in [-0.2, -0.15) is 0 Å². The van der Waals surface area contributed by atoms with Crippen molar-refractivity contribution in [1.82, 2.24) is 16.0 Å². The van der Waals surface area contributed by atoms with Gasteiger partial charge in [0.05, 0.1) is 13.1 Å². The second kappa shape index (κ2) is 8.69. The van der Waals surface area contributed by atoms with Crippen LogP contribution in [0.5, 0.6) is 0 Å². The van der Waals surface area contributed by atoms with Crippen LogP contribution in [0.1, 0.15) is 54.4 Å². The Morgan fingerprint density at radius 1 is 0.839 bits per heavy atom. The molecule has 1 aromatic carbocycles. The molecule has 8 nitrogen and oxygen atoms in total. The Balaban J connectivity index is 1.21. The summed E-state index contributed by atoms with van der Waals surface area (Å²) in [6.45, 7) is 0.0645. The van der Waals surface area contributed by atoms with Crippen LogP contribution in [0.25, 0.3) is 0 Å². The van der Waals surface area contributed by atoms with Crippen LogP contribution in [-0.2, 0) is 20.9 Å². The molecule has 4 aliphatic carbocycles. The highest BCUT2D eigenvalue weighted by Gasteiger charge is 2.54. The second-order valence-corrected chi connectivity index (χ2v) is 9.50. The minimum atomic E-state index is -0.608. The van der Waals surface area contributed by atoms with Crippen LogP contribution in [0.4, 0.5) is 0 Å². The third-order valence-corrected chi connectivity index (χ3v) is 7.06. The standard InChI is InChI=1S/C23H30N4O4/c24-19(28)12-26-21(30)18-3-1-14(2-4-18)11-25-20(29)13-27-22(31)23-8-15-5-16(9-23)7-17(6-15)10-23/h1-4,15-17H,5-13H2,(H2,24,28)(H,25,29)(H,26,30)(H,27,31). The average Bonchev–Trinajstić information content (AvgIpc) is 2.73. The van der Waals surface area contributed by atoms with Gasteiger partial charge in [-0.15, -0.1) is 0 Å². The Kier molecular flexibility index (Phi) is 5.98. The van der Waals surface area contributed by atoms with E-state index in [-0.39, 0.29) is 36.2 Å². The van der Waals surface area contributed by atoms with Gasteiger partial charge in [0.25, 0.3) is 5.91 Å². The van der Waals surface area contributed by atoms with E-state index in [9.17, 15) is 19.2 Å². The van der Waals surface area contributed by atoms with Gasteiger partial charge in [0.2, 0.25) is 17.7 Å². The predicted octanol–water partition coefficient (Wildman–Crippen LogP) is 0.851. The lowest BCUT2D eigenvalue weighted by molar-refractivity contribution is -0.147. The molecular weight excluding hydrogens is 396 g/mol. The number of nitrogens with one attached hydrogen (secondary N) is 3. The average molecular weight is 427 g/mol. The highest BCUT2D eigenvalue weighted by Crippen LogP contribution is 2.60. The fraction of sp³-hybridized carbons (Fsp3) is 0.565. The molecule has 31 heavy (non-hydrogen) atoms. The van der Waals surface area contributed by atoms with Crippen LogP contribution in [0, 0.1) is 23.2 Å². The van der Waals surface area contributed by atoms with Gasteiger partial charge in [-0.25, -0.2) is 0 Å². The van der Waals surface area contributed by atoms with E-state index in [1.165, 1.54) is 19.3 Å². The fourth-order valence-electron chi connectivity index (χ4n) is 6.04. The molecule has 0 radical (unpaired) electrons. The molecule has 4 amide bonds. The van der Waals surface area contributed by atoms with Crippen LogP contribution >= 0.6 is 0 Å². The highest BCUT2D eigenvalue weighted by atomic mass is 16.2. The number of primary amides is 1. The van der Waals surface area contributed by atoms with E-state index in [1.807, 2.05) is 0 Å². The van der Waals surface area contributed by atoms with Crippen LogP contribution in [0.2, 0.25) is 0 Å². The molecule has 4 bridgehead atoms. The van der Waals surface area contributed by atoms with E-state index < -0.39 is 5.91 Å². The zero-order chi connectivity index (χ0) is 22.0. The Labute approximate surface area is 181 Å². The van der Waals surface area contributed by atoms with Crippen molar-refractivity contribution in [2.75, 3.05) is 13.1 Å². The minimum Gasteiger partial charge on any atom is -0.368 e. The van der Waals surface area contributed by atoms with Crippen molar-refractivity contribution in [3.63, 3.8) is 0 Å². The van der Waals surface area contributed by atoms with Crippen molar-refractivity contribution < 1.29 is 19.2 Å². The Bertz CT molecular complexity index is 845. The molecule has 0 heterocycles. The number of carbonyl (C=O) groups excluding carboxylic acids is 4. The molecule has 5 N–H and O–H groups in total. The van der Waals surface area contributed by atoms with Gasteiger partial charge in [0.15, 0.2) is 0 Å². The zero-order valence-corrected chi connectivity index (χ0v) is 17.6. The number of hydrogen-bond acceptors (Lipinski definition) is 4. The smallest absolute Gasteiger partial charge is 0.251 e. The van der Waals surface area contributed by atoms with E-state index >= 15 is 0 Å². The molecule has 0 saturated heterocycles. The topological polar surface area (TPSA) is 130 Å². The largest absolute Gasteiger partial charge is 0.368 e. The van der Waals surface area contributed by atoms with E-state index in [0.717, 1.165) is 24.8 Å². The summed E-state index contributed by atoms with van der Waals surface area (Å²) in [5, 5.41) is 8.10. The van der Waals surface area contributed by atoms with Gasteiger partial charge < -0.3 is 21.7 Å². The SMILES string of the molecule is NC(=O)CNC(=O)c1ccc(CNC(=O)CNC(=O)C23CC4CC(CC(C4)C2)C3)cc1. The Morgan fingerprint density at radius 2 is 1.42 bits per heavy atom. The lowest BCUT2D eigenvalue weighted by Gasteiger charge is -2.55. The summed E-state index contributed by atoms with van der Waals surface area (Å²) in [5.41, 5.74) is 5.99. The van der Waals surface area contributed by atoms with Crippen molar-refractivity contribution in [1.29, 1.82) is 0 Å². The second-order valence-electron chi connectivity index (χ2n) is 9.50. The molecule has 0 aromatic heterocycles. The van der Waals surface area contributed by atoms with Gasteiger partial charge in [0.1, 0.15) is 0 Å². The van der Waals surface area contributed by atoms with Gasteiger partial charge in [-0.05, 0) is 74.0 Å². The quantitative estimate of drug-likeness (QED) is 0.491. The molecule has 0 aliphatic heterocycles. The van der Waals surface area contributed by atoms with E-state index in [1.54, 1.807) is 24.3 Å². The molecule has 0 unspecified atom stereocenters. The van der Waals surface area contributed by atoms with Crippen LogP contribution in [0.15, 0.2) is 24.3 Å². The number of nitrogens with two attached hydrogens (primary N) is 1. The maximum Gasteiger partial charge on any atom is 0.251 e. The molecule has 0 atom stereocenters. The Hall–Kier alpha value is -2.90. The summed E-state index contributed by atoms with van der Waals surface area (Å²) in [4.78, 5) is 47.8. The summed E-state index contributed by atoms with van der Waals surface area (Å²) in [6.07, 6.45) is 6.76. The summed E-state index contributed by atoms with van der Waals surface area (Å²) < 4.78 is 0. The maximum atomic E-state index is 12.9. The first-order chi connectivity index (χ1) is 14.8. The Morgan fingerprint density at radius 3 is 1.97 bits per heavy atom. The maximum absolute atomic E-state index is 12.9. The number of carbonyl (C=O) groups is 4. The molecule has 0 spiro atoms. The van der Waals surface area contributed by atoms with E-state index in [4.69, 9.17) is 5.73 Å². The van der Waals surface area contributed by atoms with Gasteiger partial charge in [-0.1, -0.05) is 12.1 Å². The number of benzene rings is 1. The molecular formula is C23H30N4O4. The third-order valence-electron chi connectivity index (χ3n) is 7.06. The van der Waals surface area contributed by atoms with E-state index in [2.05, 4.69) is 16.0 Å². The van der Waals surface area contributed by atoms with Gasteiger partial charge >= 0.3 is 0 Å². The number of amides is 4. The lowest BCUT2D eigenvalue weighted by atomic mass is 9.49. The summed E-state index contributed by atoms with van der Waals surface area (Å²) in [5.74, 6) is 0.879. The molecule has 1 aromatic rings. The number of hydrogen-bond donors (Lipinski definition) is 4. The summed E-state index contributed by atoms with van der Waals surface area (Å²) in [6, 6.07) is 6.69. The van der Waals surface area contributed by atoms with Crippen molar-refractivity contribution in [2.45, 2.75) is 45.1 Å². The molecule has 4 saturated carbocycles. The van der Waals surface area contributed by atoms with Crippen LogP contribution in [0.3, 0.4) is 0 Å². The molecule has 8 heteroatoms. The fourth-order valence-corrected chi connectivity index (χ4v) is 6.04. The van der Waals surface area contributed by atoms with Crippen molar-refractivity contribution >= 4 is 23.6 Å². The van der Waals surface area contributed by atoms with Crippen molar-refractivity contribution in [3.8, 4) is 0 Å². The van der Waals surface area contributed by atoms with Gasteiger partial charge in [-0.3, -0.25) is 19.2 Å². The van der Waals surface area contributed by atoms with Crippen LogP contribution in [-0.4, -0.2) is 36.7 Å². The third kappa shape index (κ3) is 4.89. The predicted molar refractivity (Wildman–Crippen MR) is 113 cm³/mol. The van der Waals surface area contributed by atoms with Crippen molar-refractivity contribution in [3.05, 3.63) is 35.4 Å². The first-order valence-electron chi connectivity index (χ1n) is 11.0. The first kappa shape index (κ1) is 21.3. The van der Waals surface area contributed by atoms with E-state index in [0.29, 0.717) is 29.9 Å². The summed E-state index contributed by atoms with van der Waals surface area (Å²) in [7, 11) is 0. The van der Waals surface area contributed by atoms with Crippen molar-refractivity contribution in [2.24, 2.45) is 28.9 Å². The number of rotatable bonds is 8. The first-order valence-corrected chi connectivity index (χ1v) is 11.0. The monoisotopic (exact) mass is 426 g/mol. The normalized spacial score (nSPS) is 28.1. The highest BCUT2D eigenvalue weighted by molar-refractivity contribution is 5.96. The zero-order valence-electron chi connectivity index (χ0n) is 17.6. The molecule has 4 aliphatic rings. The lowest BCUT2D eigenvalue weighted by Crippen LogP contribution is -2.54. The molecule has 5 rings (SSSR count). The molecule has 166 valence electrons.